The molecule has 0 atom stereocenters. The SMILES string of the molecule is CCCCOc1cccc(C(=O)NC(=S)Nc2ccc(Cl)c(Cl)c2)c1. The quantitative estimate of drug-likeness (QED) is 0.513. The molecule has 0 aliphatic carbocycles. The molecule has 4 nitrogen and oxygen atoms in total. The number of carbonyl (C=O) groups is 1. The van der Waals surface area contributed by atoms with Crippen molar-refractivity contribution in [1.82, 2.24) is 5.32 Å². The molecule has 0 unspecified atom stereocenters. The van der Waals surface area contributed by atoms with E-state index >= 15 is 0 Å². The fraction of sp³-hybridized carbons (Fsp3) is 0.222. The van der Waals surface area contributed by atoms with Gasteiger partial charge in [-0.1, -0.05) is 42.6 Å². The topological polar surface area (TPSA) is 50.4 Å². The van der Waals surface area contributed by atoms with Crippen LogP contribution in [0.15, 0.2) is 42.5 Å². The van der Waals surface area contributed by atoms with Crippen molar-refractivity contribution in [3.8, 4) is 5.75 Å². The van der Waals surface area contributed by atoms with E-state index in [1.165, 1.54) is 0 Å². The Bertz CT molecular complexity index is 768. The molecule has 0 fully saturated rings. The summed E-state index contributed by atoms with van der Waals surface area (Å²) in [5, 5.41) is 6.53. The Morgan fingerprint density at radius 1 is 1.16 bits per heavy atom. The zero-order chi connectivity index (χ0) is 18.2. The molecule has 0 radical (unpaired) electrons. The highest BCUT2D eigenvalue weighted by molar-refractivity contribution is 7.80. The number of thiocarbonyl (C=S) groups is 1. The highest BCUT2D eigenvalue weighted by Crippen LogP contribution is 2.25. The molecule has 132 valence electrons. The molecule has 0 aliphatic rings. The summed E-state index contributed by atoms with van der Waals surface area (Å²) in [7, 11) is 0. The second-order valence-electron chi connectivity index (χ2n) is 5.27. The molecule has 0 saturated heterocycles. The van der Waals surface area contributed by atoms with Crippen molar-refractivity contribution >= 4 is 52.1 Å². The minimum Gasteiger partial charge on any atom is -0.494 e. The van der Waals surface area contributed by atoms with Crippen LogP contribution in [0.1, 0.15) is 30.1 Å². The van der Waals surface area contributed by atoms with Gasteiger partial charge < -0.3 is 10.1 Å². The van der Waals surface area contributed by atoms with Crippen molar-refractivity contribution < 1.29 is 9.53 Å². The van der Waals surface area contributed by atoms with Crippen molar-refractivity contribution in [2.45, 2.75) is 19.8 Å². The van der Waals surface area contributed by atoms with Crippen molar-refractivity contribution in [3.05, 3.63) is 58.1 Å². The number of unbranched alkanes of at least 4 members (excludes halogenated alkanes) is 1. The smallest absolute Gasteiger partial charge is 0.257 e. The van der Waals surface area contributed by atoms with Gasteiger partial charge in [0.15, 0.2) is 5.11 Å². The van der Waals surface area contributed by atoms with Crippen LogP contribution in [-0.2, 0) is 0 Å². The lowest BCUT2D eigenvalue weighted by molar-refractivity contribution is 0.0977. The van der Waals surface area contributed by atoms with Gasteiger partial charge in [-0.3, -0.25) is 10.1 Å². The number of halogens is 2. The fourth-order valence-corrected chi connectivity index (χ4v) is 2.48. The maximum absolute atomic E-state index is 12.3. The van der Waals surface area contributed by atoms with Crippen molar-refractivity contribution in [2.75, 3.05) is 11.9 Å². The van der Waals surface area contributed by atoms with Crippen LogP contribution in [0.25, 0.3) is 0 Å². The van der Waals surface area contributed by atoms with Gasteiger partial charge in [0.1, 0.15) is 5.75 Å². The Morgan fingerprint density at radius 2 is 1.96 bits per heavy atom. The predicted molar refractivity (Wildman–Crippen MR) is 107 cm³/mol. The lowest BCUT2D eigenvalue weighted by atomic mass is 10.2. The number of amides is 1. The molecule has 0 spiro atoms. The van der Waals surface area contributed by atoms with Crippen molar-refractivity contribution in [1.29, 1.82) is 0 Å². The number of hydrogen-bond acceptors (Lipinski definition) is 3. The Kier molecular flexibility index (Phi) is 7.50. The second-order valence-corrected chi connectivity index (χ2v) is 6.49. The summed E-state index contributed by atoms with van der Waals surface area (Å²) < 4.78 is 5.61. The van der Waals surface area contributed by atoms with Gasteiger partial charge in [0.05, 0.1) is 16.7 Å². The second kappa shape index (κ2) is 9.61. The van der Waals surface area contributed by atoms with Crippen LogP contribution >= 0.6 is 35.4 Å². The standard InChI is InChI=1S/C18H18Cl2N2O2S/c1-2-3-9-24-14-6-4-5-12(10-14)17(23)22-18(25)21-13-7-8-15(19)16(20)11-13/h4-8,10-11H,2-3,9H2,1H3,(H2,21,22,23,25). The monoisotopic (exact) mass is 396 g/mol. The third kappa shape index (κ3) is 6.20. The van der Waals surface area contributed by atoms with E-state index in [4.69, 9.17) is 40.2 Å². The minimum absolute atomic E-state index is 0.167. The molecular weight excluding hydrogens is 379 g/mol. The molecule has 0 aromatic heterocycles. The molecule has 2 N–H and O–H groups in total. The first-order valence-corrected chi connectivity index (χ1v) is 8.96. The van der Waals surface area contributed by atoms with Gasteiger partial charge in [0.2, 0.25) is 0 Å². The zero-order valence-electron chi connectivity index (χ0n) is 13.6. The van der Waals surface area contributed by atoms with E-state index in [9.17, 15) is 4.79 Å². The van der Waals surface area contributed by atoms with Crippen LogP contribution in [0, 0.1) is 0 Å². The molecule has 1 amide bonds. The Labute approximate surface area is 162 Å². The van der Waals surface area contributed by atoms with E-state index in [1.807, 2.05) is 6.07 Å². The fourth-order valence-electron chi connectivity index (χ4n) is 1.97. The predicted octanol–water partition coefficient (Wildman–Crippen LogP) is 5.30. The maximum Gasteiger partial charge on any atom is 0.257 e. The maximum atomic E-state index is 12.3. The van der Waals surface area contributed by atoms with Gasteiger partial charge in [-0.2, -0.15) is 0 Å². The van der Waals surface area contributed by atoms with Crippen LogP contribution in [-0.4, -0.2) is 17.6 Å². The molecule has 2 aromatic carbocycles. The molecular formula is C18H18Cl2N2O2S. The van der Waals surface area contributed by atoms with Crippen LogP contribution < -0.4 is 15.4 Å². The van der Waals surface area contributed by atoms with E-state index < -0.39 is 0 Å². The van der Waals surface area contributed by atoms with Gasteiger partial charge in [0, 0.05) is 11.3 Å². The Morgan fingerprint density at radius 3 is 2.68 bits per heavy atom. The summed E-state index contributed by atoms with van der Waals surface area (Å²) in [5.74, 6) is 0.336. The largest absolute Gasteiger partial charge is 0.494 e. The van der Waals surface area contributed by atoms with Gasteiger partial charge >= 0.3 is 0 Å². The van der Waals surface area contributed by atoms with E-state index in [-0.39, 0.29) is 11.0 Å². The van der Waals surface area contributed by atoms with Crippen LogP contribution in [0.3, 0.4) is 0 Å². The number of rotatable bonds is 6. The van der Waals surface area contributed by atoms with Gasteiger partial charge in [-0.15, -0.1) is 0 Å². The lowest BCUT2D eigenvalue weighted by Gasteiger charge is -2.11. The van der Waals surface area contributed by atoms with Gasteiger partial charge in [0.25, 0.3) is 5.91 Å². The highest BCUT2D eigenvalue weighted by Gasteiger charge is 2.10. The summed E-state index contributed by atoms with van der Waals surface area (Å²) in [6.07, 6.45) is 2.02. The molecule has 0 aliphatic heterocycles. The Hall–Kier alpha value is -1.82. The summed E-state index contributed by atoms with van der Waals surface area (Å²) in [6.45, 7) is 2.72. The molecule has 2 aromatic rings. The van der Waals surface area contributed by atoms with E-state index in [1.54, 1.807) is 36.4 Å². The Balaban J connectivity index is 1.95. The number of carbonyl (C=O) groups excluding carboxylic acids is 1. The van der Waals surface area contributed by atoms with Crippen LogP contribution in [0.5, 0.6) is 5.75 Å². The summed E-state index contributed by atoms with van der Waals surface area (Å²) in [5.41, 5.74) is 1.10. The van der Waals surface area contributed by atoms with Crippen molar-refractivity contribution in [2.24, 2.45) is 0 Å². The third-order valence-corrected chi connectivity index (χ3v) is 4.21. The first-order chi connectivity index (χ1) is 12.0. The average Bonchev–Trinajstić information content (AvgIpc) is 2.58. The van der Waals surface area contributed by atoms with E-state index in [2.05, 4.69) is 17.6 Å². The van der Waals surface area contributed by atoms with Crippen LogP contribution in [0.4, 0.5) is 5.69 Å². The molecule has 7 heteroatoms. The van der Waals surface area contributed by atoms with Gasteiger partial charge in [-0.25, -0.2) is 0 Å². The zero-order valence-corrected chi connectivity index (χ0v) is 16.0. The summed E-state index contributed by atoms with van der Waals surface area (Å²) >= 11 is 17.0. The van der Waals surface area contributed by atoms with E-state index in [0.717, 1.165) is 12.8 Å². The highest BCUT2D eigenvalue weighted by atomic mass is 35.5. The molecule has 0 saturated carbocycles. The first-order valence-electron chi connectivity index (χ1n) is 7.80. The number of benzene rings is 2. The van der Waals surface area contributed by atoms with Gasteiger partial charge in [-0.05, 0) is 55.0 Å². The van der Waals surface area contributed by atoms with Crippen LogP contribution in [0.2, 0.25) is 10.0 Å². The molecule has 2 rings (SSSR count). The summed E-state index contributed by atoms with van der Waals surface area (Å²) in [4.78, 5) is 12.3. The average molecular weight is 397 g/mol. The number of anilines is 1. The number of hydrogen-bond donors (Lipinski definition) is 2. The number of ether oxygens (including phenoxy) is 1. The number of nitrogens with one attached hydrogen (secondary N) is 2. The lowest BCUT2D eigenvalue weighted by Crippen LogP contribution is -2.34. The molecule has 0 heterocycles. The molecule has 0 bridgehead atoms. The molecule has 25 heavy (non-hydrogen) atoms. The van der Waals surface area contributed by atoms with E-state index in [0.29, 0.717) is 33.7 Å². The van der Waals surface area contributed by atoms with Crippen molar-refractivity contribution in [3.63, 3.8) is 0 Å². The first kappa shape index (κ1) is 19.5. The normalized spacial score (nSPS) is 10.2. The third-order valence-electron chi connectivity index (χ3n) is 3.27. The summed E-state index contributed by atoms with van der Waals surface area (Å²) in [6, 6.07) is 12.0. The minimum atomic E-state index is -0.321.